The van der Waals surface area contributed by atoms with Gasteiger partial charge in [-0.25, -0.2) is 0 Å². The molecule has 0 radical (unpaired) electrons. The van der Waals surface area contributed by atoms with Crippen LogP contribution in [0, 0.1) is 0 Å². The summed E-state index contributed by atoms with van der Waals surface area (Å²) in [6.07, 6.45) is 17.6. The summed E-state index contributed by atoms with van der Waals surface area (Å²) in [5, 5.41) is 8.67. The second kappa shape index (κ2) is 18.3. The number of hydrogen-bond acceptors (Lipinski definition) is 2. The Morgan fingerprint density at radius 3 is 1.47 bits per heavy atom. The van der Waals surface area contributed by atoms with Gasteiger partial charge >= 0.3 is 0 Å². The molecule has 0 saturated carbocycles. The van der Waals surface area contributed by atoms with Crippen LogP contribution in [0.5, 0.6) is 0 Å². The second-order valence-corrected chi connectivity index (χ2v) is 6.80. The number of thioether (sulfide) groups is 1. The maximum absolute atomic E-state index is 8.67. The summed E-state index contributed by atoms with van der Waals surface area (Å²) in [6.45, 7) is 2.65. The van der Waals surface area contributed by atoms with Crippen LogP contribution < -0.4 is 0 Å². The molecular formula is C17H36OS. The quantitative estimate of drug-likeness (QED) is 0.362. The van der Waals surface area contributed by atoms with Crippen LogP contribution in [0.1, 0.15) is 90.4 Å². The maximum atomic E-state index is 8.67. The standard InChI is InChI=1S/C17H36OS/c1-2-3-4-5-10-13-16-19-17-14-11-8-6-7-9-12-15-18/h18H,2-17H2,1H3. The Labute approximate surface area is 125 Å². The molecule has 0 amide bonds. The molecule has 116 valence electrons. The van der Waals surface area contributed by atoms with Crippen molar-refractivity contribution < 1.29 is 5.11 Å². The lowest BCUT2D eigenvalue weighted by atomic mass is 10.1. The molecule has 1 N–H and O–H groups in total. The van der Waals surface area contributed by atoms with E-state index in [4.69, 9.17) is 5.11 Å². The number of rotatable bonds is 16. The van der Waals surface area contributed by atoms with Crippen LogP contribution in [0.15, 0.2) is 0 Å². The normalized spacial score (nSPS) is 11.1. The van der Waals surface area contributed by atoms with Crippen molar-refractivity contribution in [2.24, 2.45) is 0 Å². The molecule has 1 nitrogen and oxygen atoms in total. The predicted molar refractivity (Wildman–Crippen MR) is 90.1 cm³/mol. The minimum atomic E-state index is 0.370. The average molecular weight is 289 g/mol. The third-order valence-electron chi connectivity index (χ3n) is 3.59. The van der Waals surface area contributed by atoms with Gasteiger partial charge in [-0.15, -0.1) is 0 Å². The summed E-state index contributed by atoms with van der Waals surface area (Å²) in [4.78, 5) is 0. The van der Waals surface area contributed by atoms with E-state index in [1.807, 2.05) is 0 Å². The van der Waals surface area contributed by atoms with E-state index in [9.17, 15) is 0 Å². The molecule has 0 unspecified atom stereocenters. The molecule has 0 atom stereocenters. The molecule has 0 heterocycles. The maximum Gasteiger partial charge on any atom is 0.0431 e. The lowest BCUT2D eigenvalue weighted by Crippen LogP contribution is -1.87. The largest absolute Gasteiger partial charge is 0.396 e. The van der Waals surface area contributed by atoms with E-state index in [0.717, 1.165) is 6.42 Å². The van der Waals surface area contributed by atoms with Gasteiger partial charge in [0.1, 0.15) is 0 Å². The Morgan fingerprint density at radius 1 is 0.579 bits per heavy atom. The third kappa shape index (κ3) is 18.3. The van der Waals surface area contributed by atoms with Gasteiger partial charge in [-0.2, -0.15) is 11.8 Å². The van der Waals surface area contributed by atoms with E-state index < -0.39 is 0 Å². The molecule has 0 aliphatic heterocycles. The van der Waals surface area contributed by atoms with E-state index in [0.29, 0.717) is 6.61 Å². The molecule has 0 fully saturated rings. The zero-order valence-corrected chi connectivity index (χ0v) is 14.0. The van der Waals surface area contributed by atoms with Crippen LogP contribution in [0.2, 0.25) is 0 Å². The minimum Gasteiger partial charge on any atom is -0.396 e. The number of unbranched alkanes of at least 4 members (excludes halogenated alkanes) is 11. The molecule has 0 spiro atoms. The summed E-state index contributed by atoms with van der Waals surface area (Å²) in [6, 6.07) is 0. The Hall–Kier alpha value is 0.310. The Bertz CT molecular complexity index is 134. The van der Waals surface area contributed by atoms with Crippen molar-refractivity contribution in [2.75, 3.05) is 18.1 Å². The van der Waals surface area contributed by atoms with Crippen LogP contribution >= 0.6 is 11.8 Å². The molecular weight excluding hydrogens is 252 g/mol. The van der Waals surface area contributed by atoms with E-state index in [2.05, 4.69) is 18.7 Å². The highest BCUT2D eigenvalue weighted by molar-refractivity contribution is 7.99. The van der Waals surface area contributed by atoms with Crippen molar-refractivity contribution >= 4 is 11.8 Å². The fraction of sp³-hybridized carbons (Fsp3) is 1.00. The Morgan fingerprint density at radius 2 is 1.00 bits per heavy atom. The fourth-order valence-electron chi connectivity index (χ4n) is 2.29. The summed E-state index contributed by atoms with van der Waals surface area (Å²) >= 11 is 2.16. The molecule has 0 aromatic rings. The monoisotopic (exact) mass is 288 g/mol. The molecule has 0 saturated heterocycles. The minimum absolute atomic E-state index is 0.370. The first-order valence-corrected chi connectivity index (χ1v) is 9.76. The van der Waals surface area contributed by atoms with Crippen molar-refractivity contribution in [3.05, 3.63) is 0 Å². The zero-order chi connectivity index (χ0) is 14.0. The van der Waals surface area contributed by atoms with E-state index in [1.165, 1.54) is 88.6 Å². The number of aliphatic hydroxyl groups excluding tert-OH is 1. The highest BCUT2D eigenvalue weighted by Crippen LogP contribution is 2.13. The fourth-order valence-corrected chi connectivity index (χ4v) is 3.31. The first-order valence-electron chi connectivity index (χ1n) is 8.60. The average Bonchev–Trinajstić information content (AvgIpc) is 2.43. The molecule has 0 aliphatic rings. The number of hydrogen-bond donors (Lipinski definition) is 1. The van der Waals surface area contributed by atoms with Crippen molar-refractivity contribution in [3.8, 4) is 0 Å². The van der Waals surface area contributed by atoms with Gasteiger partial charge in [0, 0.05) is 6.61 Å². The van der Waals surface area contributed by atoms with Crippen molar-refractivity contribution in [1.82, 2.24) is 0 Å². The van der Waals surface area contributed by atoms with Gasteiger partial charge in [-0.05, 0) is 30.8 Å². The van der Waals surface area contributed by atoms with E-state index in [-0.39, 0.29) is 0 Å². The van der Waals surface area contributed by atoms with Crippen LogP contribution in [-0.2, 0) is 0 Å². The number of aliphatic hydroxyl groups is 1. The van der Waals surface area contributed by atoms with Gasteiger partial charge in [-0.1, -0.05) is 71.1 Å². The van der Waals surface area contributed by atoms with Gasteiger partial charge in [0.15, 0.2) is 0 Å². The van der Waals surface area contributed by atoms with E-state index in [1.54, 1.807) is 0 Å². The van der Waals surface area contributed by atoms with Crippen molar-refractivity contribution in [2.45, 2.75) is 90.4 Å². The van der Waals surface area contributed by atoms with Crippen LogP contribution in [-0.4, -0.2) is 23.2 Å². The molecule has 0 aromatic carbocycles. The second-order valence-electron chi connectivity index (χ2n) is 5.58. The summed E-state index contributed by atoms with van der Waals surface area (Å²) < 4.78 is 0. The summed E-state index contributed by atoms with van der Waals surface area (Å²) in [5.74, 6) is 2.74. The molecule has 19 heavy (non-hydrogen) atoms. The first kappa shape index (κ1) is 19.3. The van der Waals surface area contributed by atoms with Gasteiger partial charge in [0.05, 0.1) is 0 Å². The highest BCUT2D eigenvalue weighted by Gasteiger charge is 1.94. The molecule has 0 aromatic heterocycles. The first-order chi connectivity index (χ1) is 9.41. The van der Waals surface area contributed by atoms with Crippen molar-refractivity contribution in [1.29, 1.82) is 0 Å². The summed E-state index contributed by atoms with van der Waals surface area (Å²) in [5.41, 5.74) is 0. The van der Waals surface area contributed by atoms with Crippen LogP contribution in [0.4, 0.5) is 0 Å². The Balaban J connectivity index is 2.88. The summed E-state index contributed by atoms with van der Waals surface area (Å²) in [7, 11) is 0. The third-order valence-corrected chi connectivity index (χ3v) is 4.74. The molecule has 0 bridgehead atoms. The van der Waals surface area contributed by atoms with Gasteiger partial charge in [-0.3, -0.25) is 0 Å². The lowest BCUT2D eigenvalue weighted by molar-refractivity contribution is 0.282. The van der Waals surface area contributed by atoms with Crippen molar-refractivity contribution in [3.63, 3.8) is 0 Å². The van der Waals surface area contributed by atoms with Gasteiger partial charge in [0.2, 0.25) is 0 Å². The van der Waals surface area contributed by atoms with Gasteiger partial charge in [0.25, 0.3) is 0 Å². The molecule has 0 rings (SSSR count). The van der Waals surface area contributed by atoms with Gasteiger partial charge < -0.3 is 5.11 Å². The van der Waals surface area contributed by atoms with E-state index >= 15 is 0 Å². The SMILES string of the molecule is CCCCCCCCSCCCCCCCCCO. The predicted octanol–water partition coefficient (Wildman–Crippen LogP) is 5.80. The molecule has 2 heteroatoms. The molecule has 0 aliphatic carbocycles. The van der Waals surface area contributed by atoms with Crippen LogP contribution in [0.3, 0.4) is 0 Å². The topological polar surface area (TPSA) is 20.2 Å². The highest BCUT2D eigenvalue weighted by atomic mass is 32.2. The lowest BCUT2D eigenvalue weighted by Gasteiger charge is -2.03. The smallest absolute Gasteiger partial charge is 0.0431 e. The van der Waals surface area contributed by atoms with Crippen LogP contribution in [0.25, 0.3) is 0 Å². The Kier molecular flexibility index (Phi) is 18.6. The zero-order valence-electron chi connectivity index (χ0n) is 13.2.